The van der Waals surface area contributed by atoms with Crippen molar-refractivity contribution in [3.63, 3.8) is 0 Å². The van der Waals surface area contributed by atoms with Gasteiger partial charge in [0.05, 0.1) is 32.0 Å². The lowest BCUT2D eigenvalue weighted by atomic mass is 9.86. The second kappa shape index (κ2) is 11.4. The van der Waals surface area contributed by atoms with Crippen molar-refractivity contribution < 1.29 is 24.4 Å². The van der Waals surface area contributed by atoms with Gasteiger partial charge in [0, 0.05) is 6.42 Å². The van der Waals surface area contributed by atoms with Gasteiger partial charge in [0.25, 0.3) is 0 Å². The minimum absolute atomic E-state index is 0.329. The topological polar surface area (TPSA) is 68.2 Å². The van der Waals surface area contributed by atoms with Crippen LogP contribution < -0.4 is 0 Å². The summed E-state index contributed by atoms with van der Waals surface area (Å²) in [7, 11) is 0. The van der Waals surface area contributed by atoms with Crippen LogP contribution in [0.15, 0.2) is 91.0 Å². The molecule has 1 saturated carbocycles. The van der Waals surface area contributed by atoms with Crippen molar-refractivity contribution in [3.8, 4) is 0 Å². The Labute approximate surface area is 189 Å². The van der Waals surface area contributed by atoms with E-state index in [4.69, 9.17) is 14.2 Å². The molecule has 5 heteroatoms. The predicted molar refractivity (Wildman–Crippen MR) is 122 cm³/mol. The molecule has 1 fully saturated rings. The number of benzene rings is 3. The van der Waals surface area contributed by atoms with Crippen LogP contribution in [0, 0.1) is 0 Å². The molecule has 2 N–H and O–H groups in total. The summed E-state index contributed by atoms with van der Waals surface area (Å²) < 4.78 is 18.3. The lowest BCUT2D eigenvalue weighted by Gasteiger charge is -2.42. The lowest BCUT2D eigenvalue weighted by Crippen LogP contribution is -2.58. The van der Waals surface area contributed by atoms with E-state index in [1.165, 1.54) is 0 Å². The first-order valence-electron chi connectivity index (χ1n) is 11.0. The van der Waals surface area contributed by atoms with Gasteiger partial charge in [-0.3, -0.25) is 0 Å². The summed E-state index contributed by atoms with van der Waals surface area (Å²) >= 11 is 0. The van der Waals surface area contributed by atoms with Gasteiger partial charge in [-0.25, -0.2) is 0 Å². The number of hydrogen-bond acceptors (Lipinski definition) is 5. The monoisotopic (exact) mass is 434 g/mol. The van der Waals surface area contributed by atoms with Gasteiger partial charge in [-0.15, -0.1) is 0 Å². The minimum atomic E-state index is -1.12. The summed E-state index contributed by atoms with van der Waals surface area (Å²) in [6.07, 6.45) is -3.38. The quantitative estimate of drug-likeness (QED) is 0.535. The van der Waals surface area contributed by atoms with Gasteiger partial charge in [0.15, 0.2) is 0 Å². The van der Waals surface area contributed by atoms with E-state index in [-0.39, 0.29) is 0 Å². The third-order valence-electron chi connectivity index (χ3n) is 5.80. The van der Waals surface area contributed by atoms with Crippen LogP contribution in [0.4, 0.5) is 0 Å². The predicted octanol–water partition coefficient (Wildman–Crippen LogP) is 3.87. The standard InChI is InChI=1S/C27H30O5/c28-25-23(30-17-20-10-4-1-5-11-20)16-24(31-18-21-12-6-2-7-13-21)27(26(25)29)32-19-22-14-8-3-9-15-22/h1-15,23-29H,16-19H2/t23-,24-,25?,26-,27?/m0/s1. The molecule has 1 aliphatic rings. The highest BCUT2D eigenvalue weighted by Crippen LogP contribution is 2.29. The van der Waals surface area contributed by atoms with E-state index in [9.17, 15) is 10.2 Å². The number of aliphatic hydroxyl groups is 2. The molecule has 0 radical (unpaired) electrons. The number of hydrogen-bond donors (Lipinski definition) is 2. The third-order valence-corrected chi connectivity index (χ3v) is 5.80. The molecule has 0 amide bonds. The molecular weight excluding hydrogens is 404 g/mol. The molecule has 4 rings (SSSR count). The first kappa shape index (κ1) is 22.6. The SMILES string of the molecule is OC1[C@H](O)C(OCc2ccccc2)[C@@H](OCc2ccccc2)C[C@@H]1OCc1ccccc1. The Morgan fingerprint density at radius 3 is 1.41 bits per heavy atom. The summed E-state index contributed by atoms with van der Waals surface area (Å²) in [6, 6.07) is 29.5. The fourth-order valence-corrected chi connectivity index (χ4v) is 3.99. The van der Waals surface area contributed by atoms with Crippen LogP contribution in [0.3, 0.4) is 0 Å². The zero-order valence-corrected chi connectivity index (χ0v) is 18.0. The van der Waals surface area contributed by atoms with Crippen molar-refractivity contribution in [3.05, 3.63) is 108 Å². The van der Waals surface area contributed by atoms with Crippen molar-refractivity contribution in [2.24, 2.45) is 0 Å². The average Bonchev–Trinajstić information content (AvgIpc) is 2.85. The maximum atomic E-state index is 10.9. The minimum Gasteiger partial charge on any atom is -0.388 e. The van der Waals surface area contributed by atoms with Gasteiger partial charge >= 0.3 is 0 Å². The molecule has 3 aromatic carbocycles. The summed E-state index contributed by atoms with van der Waals surface area (Å²) in [5.74, 6) is 0. The van der Waals surface area contributed by atoms with E-state index in [0.29, 0.717) is 26.2 Å². The van der Waals surface area contributed by atoms with Crippen LogP contribution in [0.2, 0.25) is 0 Å². The third kappa shape index (κ3) is 6.03. The molecule has 0 aliphatic heterocycles. The summed E-state index contributed by atoms with van der Waals surface area (Å²) in [6.45, 7) is 1.08. The Morgan fingerprint density at radius 2 is 0.938 bits per heavy atom. The first-order chi connectivity index (χ1) is 15.7. The lowest BCUT2D eigenvalue weighted by molar-refractivity contribution is -0.221. The highest BCUT2D eigenvalue weighted by molar-refractivity contribution is 5.15. The molecule has 32 heavy (non-hydrogen) atoms. The van der Waals surface area contributed by atoms with E-state index in [1.807, 2.05) is 91.0 Å². The maximum Gasteiger partial charge on any atom is 0.113 e. The molecule has 0 heterocycles. The van der Waals surface area contributed by atoms with Crippen molar-refractivity contribution in [2.45, 2.75) is 56.8 Å². The second-order valence-electron chi connectivity index (χ2n) is 8.15. The van der Waals surface area contributed by atoms with Crippen molar-refractivity contribution in [1.82, 2.24) is 0 Å². The van der Waals surface area contributed by atoms with Crippen LogP contribution in [0.25, 0.3) is 0 Å². The highest BCUT2D eigenvalue weighted by atomic mass is 16.6. The number of ether oxygens (including phenoxy) is 3. The van der Waals surface area contributed by atoms with Gasteiger partial charge in [-0.2, -0.15) is 0 Å². The molecule has 0 spiro atoms. The highest BCUT2D eigenvalue weighted by Gasteiger charge is 2.45. The zero-order chi connectivity index (χ0) is 22.2. The van der Waals surface area contributed by atoms with Gasteiger partial charge in [0.1, 0.15) is 18.3 Å². The van der Waals surface area contributed by atoms with E-state index >= 15 is 0 Å². The number of rotatable bonds is 9. The van der Waals surface area contributed by atoms with Crippen molar-refractivity contribution in [2.75, 3.05) is 0 Å². The average molecular weight is 435 g/mol. The van der Waals surface area contributed by atoms with Gasteiger partial charge in [-0.05, 0) is 16.7 Å². The molecule has 0 bridgehead atoms. The normalized spacial score (nSPS) is 25.5. The molecule has 168 valence electrons. The molecule has 5 nitrogen and oxygen atoms in total. The molecule has 3 aromatic rings. The Morgan fingerprint density at radius 1 is 0.531 bits per heavy atom. The summed E-state index contributed by atoms with van der Waals surface area (Å²) in [5.41, 5.74) is 3.05. The van der Waals surface area contributed by atoms with Crippen LogP contribution in [-0.4, -0.2) is 40.7 Å². The molecular formula is C27H30O5. The van der Waals surface area contributed by atoms with Crippen molar-refractivity contribution in [1.29, 1.82) is 0 Å². The zero-order valence-electron chi connectivity index (χ0n) is 18.0. The van der Waals surface area contributed by atoms with Gasteiger partial charge in [-0.1, -0.05) is 91.0 Å². The Kier molecular flexibility index (Phi) is 8.04. The van der Waals surface area contributed by atoms with E-state index in [0.717, 1.165) is 16.7 Å². The van der Waals surface area contributed by atoms with Gasteiger partial charge < -0.3 is 24.4 Å². The van der Waals surface area contributed by atoms with Crippen LogP contribution in [-0.2, 0) is 34.0 Å². The smallest absolute Gasteiger partial charge is 0.113 e. The summed E-state index contributed by atoms with van der Waals surface area (Å²) in [5, 5.41) is 21.7. The second-order valence-corrected chi connectivity index (χ2v) is 8.15. The molecule has 2 unspecified atom stereocenters. The Balaban J connectivity index is 1.44. The largest absolute Gasteiger partial charge is 0.388 e. The van der Waals surface area contributed by atoms with E-state index < -0.39 is 30.5 Å². The Hall–Kier alpha value is -2.54. The fraction of sp³-hybridized carbons (Fsp3) is 0.333. The molecule has 5 atom stereocenters. The first-order valence-corrected chi connectivity index (χ1v) is 11.0. The van der Waals surface area contributed by atoms with Crippen LogP contribution in [0.1, 0.15) is 23.1 Å². The maximum absolute atomic E-state index is 10.9. The number of aliphatic hydroxyl groups excluding tert-OH is 2. The van der Waals surface area contributed by atoms with Crippen LogP contribution in [0.5, 0.6) is 0 Å². The van der Waals surface area contributed by atoms with Gasteiger partial charge in [0.2, 0.25) is 0 Å². The fourth-order valence-electron chi connectivity index (χ4n) is 3.99. The van der Waals surface area contributed by atoms with E-state index in [2.05, 4.69) is 0 Å². The molecule has 0 aromatic heterocycles. The summed E-state index contributed by atoms with van der Waals surface area (Å²) in [4.78, 5) is 0. The van der Waals surface area contributed by atoms with Crippen LogP contribution >= 0.6 is 0 Å². The van der Waals surface area contributed by atoms with E-state index in [1.54, 1.807) is 0 Å². The van der Waals surface area contributed by atoms with Crippen molar-refractivity contribution >= 4 is 0 Å². The molecule has 1 aliphatic carbocycles. The Bertz CT molecular complexity index is 919. The molecule has 0 saturated heterocycles.